The lowest BCUT2D eigenvalue weighted by Gasteiger charge is -2.20. The fourth-order valence-corrected chi connectivity index (χ4v) is 4.70. The van der Waals surface area contributed by atoms with Crippen LogP contribution in [0.1, 0.15) is 43.4 Å². The first-order chi connectivity index (χ1) is 17.0. The molecule has 0 bridgehead atoms. The van der Waals surface area contributed by atoms with Crippen LogP contribution in [0.25, 0.3) is 22.0 Å². The highest BCUT2D eigenvalue weighted by Crippen LogP contribution is 2.46. The first-order valence-electron chi connectivity index (χ1n) is 10.4. The summed E-state index contributed by atoms with van der Waals surface area (Å²) in [5, 5.41) is 3.11. The van der Waals surface area contributed by atoms with E-state index in [1.165, 1.54) is 18.3 Å². The Labute approximate surface area is 204 Å². The van der Waals surface area contributed by atoms with E-state index in [0.717, 1.165) is 12.1 Å². The molecule has 1 atom stereocenters. The summed E-state index contributed by atoms with van der Waals surface area (Å²) in [7, 11) is 0. The lowest BCUT2D eigenvalue weighted by Crippen LogP contribution is -2.21. The van der Waals surface area contributed by atoms with E-state index in [4.69, 9.17) is 17.3 Å². The Morgan fingerprint density at radius 3 is 2.50 bits per heavy atom. The van der Waals surface area contributed by atoms with Gasteiger partial charge in [0.15, 0.2) is 0 Å². The number of nitrogens with two attached hydrogens (primary N) is 1. The number of pyridine rings is 1. The van der Waals surface area contributed by atoms with Gasteiger partial charge in [0.2, 0.25) is 5.91 Å². The van der Waals surface area contributed by atoms with Crippen LogP contribution in [-0.2, 0) is 6.18 Å². The summed E-state index contributed by atoms with van der Waals surface area (Å²) in [4.78, 5) is 29.5. The highest BCUT2D eigenvalue weighted by Gasteiger charge is 2.38. The second kappa shape index (κ2) is 8.27. The summed E-state index contributed by atoms with van der Waals surface area (Å²) in [5.74, 6) is -4.00. The molecule has 3 aromatic carbocycles. The summed E-state index contributed by atoms with van der Waals surface area (Å²) in [5.41, 5.74) is 3.02. The Hall–Kier alpha value is -4.05. The summed E-state index contributed by atoms with van der Waals surface area (Å²) >= 11 is 6.29. The average Bonchev–Trinajstić information content (AvgIpc) is 3.16. The van der Waals surface area contributed by atoms with Crippen molar-refractivity contribution in [2.75, 3.05) is 0 Å². The third-order valence-corrected chi connectivity index (χ3v) is 6.31. The molecule has 1 unspecified atom stereocenters. The van der Waals surface area contributed by atoms with Crippen molar-refractivity contribution in [3.63, 3.8) is 0 Å². The van der Waals surface area contributed by atoms with E-state index < -0.39 is 52.4 Å². The number of hydrogen-bond acceptors (Lipinski definition) is 3. The van der Waals surface area contributed by atoms with Crippen molar-refractivity contribution in [3.05, 3.63) is 99.2 Å². The first-order valence-corrected chi connectivity index (χ1v) is 10.7. The van der Waals surface area contributed by atoms with Crippen LogP contribution in [0, 0.1) is 11.6 Å². The maximum absolute atomic E-state index is 15.4. The van der Waals surface area contributed by atoms with Gasteiger partial charge in [0.25, 0.3) is 5.91 Å². The number of benzene rings is 3. The van der Waals surface area contributed by atoms with Gasteiger partial charge >= 0.3 is 6.18 Å². The average molecular weight is 518 g/mol. The lowest BCUT2D eigenvalue weighted by molar-refractivity contribution is -0.137. The van der Waals surface area contributed by atoms with Gasteiger partial charge in [-0.15, -0.1) is 0 Å². The van der Waals surface area contributed by atoms with Gasteiger partial charge in [-0.1, -0.05) is 17.7 Å². The Bertz CT molecular complexity index is 1600. The highest BCUT2D eigenvalue weighted by molar-refractivity contribution is 6.31. The van der Waals surface area contributed by atoms with Gasteiger partial charge in [-0.25, -0.2) is 8.78 Å². The molecule has 0 radical (unpaired) electrons. The Kier molecular flexibility index (Phi) is 5.44. The van der Waals surface area contributed by atoms with Crippen molar-refractivity contribution < 1.29 is 31.5 Å². The molecule has 5 nitrogen and oxygen atoms in total. The molecule has 5 rings (SSSR count). The molecule has 2 heterocycles. The van der Waals surface area contributed by atoms with Crippen LogP contribution < -0.4 is 11.1 Å². The third-order valence-electron chi connectivity index (χ3n) is 5.96. The molecule has 182 valence electrons. The monoisotopic (exact) mass is 517 g/mol. The number of hydrogen-bond donors (Lipinski definition) is 2. The fraction of sp³-hybridized carbons (Fsp3) is 0.0800. The molecular weight excluding hydrogens is 505 g/mol. The summed E-state index contributed by atoms with van der Waals surface area (Å²) in [6.45, 7) is 0. The zero-order valence-electron chi connectivity index (χ0n) is 17.9. The van der Waals surface area contributed by atoms with Crippen molar-refractivity contribution in [2.24, 2.45) is 5.73 Å². The number of carbonyl (C=O) groups is 2. The van der Waals surface area contributed by atoms with Gasteiger partial charge in [-0.2, -0.15) is 13.2 Å². The number of nitrogens with one attached hydrogen (secondary N) is 1. The molecule has 3 N–H and O–H groups in total. The van der Waals surface area contributed by atoms with E-state index in [0.29, 0.717) is 11.5 Å². The number of halogens is 6. The summed E-state index contributed by atoms with van der Waals surface area (Å²) in [6.07, 6.45) is -3.55. The number of amides is 2. The molecule has 2 amide bonds. The van der Waals surface area contributed by atoms with Crippen LogP contribution in [0.2, 0.25) is 5.02 Å². The SMILES string of the molecule is NC(=O)c1cc(C(F)(F)F)cc(F)c1-c1cc2ncccc2c2c1C(c1cc(F)ccc1Cl)NC2=O. The van der Waals surface area contributed by atoms with Crippen molar-refractivity contribution in [1.82, 2.24) is 10.3 Å². The molecule has 0 saturated carbocycles. The van der Waals surface area contributed by atoms with Crippen LogP contribution in [-0.4, -0.2) is 16.8 Å². The number of nitrogens with zero attached hydrogens (tertiary/aromatic N) is 1. The van der Waals surface area contributed by atoms with Gasteiger partial charge in [0, 0.05) is 33.3 Å². The van der Waals surface area contributed by atoms with Gasteiger partial charge in [0.1, 0.15) is 11.6 Å². The molecule has 4 aromatic rings. The van der Waals surface area contributed by atoms with Crippen LogP contribution in [0.5, 0.6) is 0 Å². The molecule has 0 saturated heterocycles. The second-order valence-electron chi connectivity index (χ2n) is 8.10. The van der Waals surface area contributed by atoms with E-state index in [9.17, 15) is 27.2 Å². The molecule has 0 spiro atoms. The molecule has 0 fully saturated rings. The third kappa shape index (κ3) is 3.74. The normalized spacial score (nSPS) is 15.2. The molecular formula is C25H13ClF5N3O2. The Morgan fingerprint density at radius 1 is 1.06 bits per heavy atom. The highest BCUT2D eigenvalue weighted by atomic mass is 35.5. The van der Waals surface area contributed by atoms with Crippen molar-refractivity contribution in [2.45, 2.75) is 12.2 Å². The molecule has 0 aliphatic carbocycles. The van der Waals surface area contributed by atoms with Gasteiger partial charge in [-0.05, 0) is 48.0 Å². The Balaban J connectivity index is 1.91. The minimum absolute atomic E-state index is 0.0376. The first kappa shape index (κ1) is 23.7. The zero-order chi connectivity index (χ0) is 25.9. The van der Waals surface area contributed by atoms with Gasteiger partial charge in [0.05, 0.1) is 28.2 Å². The minimum Gasteiger partial charge on any atom is -0.366 e. The summed E-state index contributed by atoms with van der Waals surface area (Å²) < 4.78 is 69.6. The molecule has 1 aliphatic rings. The largest absolute Gasteiger partial charge is 0.416 e. The minimum atomic E-state index is -4.95. The number of fused-ring (bicyclic) bond motifs is 3. The van der Waals surface area contributed by atoms with Gasteiger partial charge < -0.3 is 11.1 Å². The van der Waals surface area contributed by atoms with Crippen LogP contribution >= 0.6 is 11.6 Å². The maximum Gasteiger partial charge on any atom is 0.416 e. The van der Waals surface area contributed by atoms with Crippen LogP contribution in [0.3, 0.4) is 0 Å². The summed E-state index contributed by atoms with van der Waals surface area (Å²) in [6, 6.07) is 7.52. The van der Waals surface area contributed by atoms with Crippen molar-refractivity contribution in [3.8, 4) is 11.1 Å². The fourth-order valence-electron chi connectivity index (χ4n) is 4.47. The molecule has 1 aliphatic heterocycles. The number of alkyl halides is 3. The lowest BCUT2D eigenvalue weighted by atomic mass is 9.85. The number of aromatic nitrogens is 1. The van der Waals surface area contributed by atoms with Crippen LogP contribution in [0.15, 0.2) is 54.7 Å². The van der Waals surface area contributed by atoms with E-state index in [1.807, 2.05) is 0 Å². The standard InChI is InChI=1S/C25H13ClF5N3O2/c26-16-4-3-11(27)8-13(16)22-20-14(9-18-12(2-1-5-33-18)21(20)24(36)34-22)19-15(23(32)35)6-10(7-17(19)28)25(29,30)31/h1-9,22H,(H2,32,35)(H,34,36). The number of carbonyl (C=O) groups excluding carboxylic acids is 2. The smallest absolute Gasteiger partial charge is 0.366 e. The molecule has 11 heteroatoms. The maximum atomic E-state index is 15.4. The quantitative estimate of drug-likeness (QED) is 0.338. The zero-order valence-corrected chi connectivity index (χ0v) is 18.6. The van der Waals surface area contributed by atoms with Crippen molar-refractivity contribution >= 4 is 34.3 Å². The van der Waals surface area contributed by atoms with Crippen LogP contribution in [0.4, 0.5) is 22.0 Å². The van der Waals surface area contributed by atoms with Crippen molar-refractivity contribution in [1.29, 1.82) is 0 Å². The number of rotatable bonds is 3. The predicted molar refractivity (Wildman–Crippen MR) is 121 cm³/mol. The topological polar surface area (TPSA) is 85.1 Å². The van der Waals surface area contributed by atoms with E-state index >= 15 is 4.39 Å². The molecule has 1 aromatic heterocycles. The van der Waals surface area contributed by atoms with E-state index in [2.05, 4.69) is 10.3 Å². The predicted octanol–water partition coefficient (Wildman–Crippen LogP) is 5.78. The van der Waals surface area contributed by atoms with E-state index in [-0.39, 0.29) is 38.9 Å². The van der Waals surface area contributed by atoms with E-state index in [1.54, 1.807) is 12.1 Å². The Morgan fingerprint density at radius 2 is 1.81 bits per heavy atom. The van der Waals surface area contributed by atoms with Gasteiger partial charge in [-0.3, -0.25) is 14.6 Å². The molecule has 36 heavy (non-hydrogen) atoms. The second-order valence-corrected chi connectivity index (χ2v) is 8.51. The number of primary amides is 1.